The van der Waals surface area contributed by atoms with Crippen molar-refractivity contribution in [3.63, 3.8) is 0 Å². The van der Waals surface area contributed by atoms with Gasteiger partial charge >= 0.3 is 0 Å². The van der Waals surface area contributed by atoms with E-state index >= 15 is 0 Å². The first-order chi connectivity index (χ1) is 12.9. The molecule has 0 aliphatic heterocycles. The number of aryl methyl sites for hydroxylation is 2. The highest BCUT2D eigenvalue weighted by Crippen LogP contribution is 2.21. The molecule has 0 radical (unpaired) electrons. The fourth-order valence-corrected chi connectivity index (χ4v) is 3.81. The third kappa shape index (κ3) is 4.62. The Morgan fingerprint density at radius 3 is 2.30 bits per heavy atom. The number of benzene rings is 2. The second-order valence-electron chi connectivity index (χ2n) is 6.31. The van der Waals surface area contributed by atoms with Crippen LogP contribution in [0.25, 0.3) is 11.4 Å². The zero-order chi connectivity index (χ0) is 19.4. The SMILES string of the molecule is CCCc1ccc(S(=O)(=O)Nc2ccc(-c3nc(C)cc(=O)[nH]3)cc2)cc1. The van der Waals surface area contributed by atoms with Gasteiger partial charge in [0.2, 0.25) is 0 Å². The molecule has 0 bridgehead atoms. The zero-order valence-corrected chi connectivity index (χ0v) is 16.0. The summed E-state index contributed by atoms with van der Waals surface area (Å²) in [4.78, 5) is 18.7. The maximum atomic E-state index is 12.5. The molecule has 0 amide bonds. The van der Waals surface area contributed by atoms with Gasteiger partial charge in [-0.05, 0) is 55.3 Å². The predicted octanol–water partition coefficient (Wildman–Crippen LogP) is 3.50. The lowest BCUT2D eigenvalue weighted by Gasteiger charge is -2.09. The summed E-state index contributed by atoms with van der Waals surface area (Å²) >= 11 is 0. The normalized spacial score (nSPS) is 11.3. The largest absolute Gasteiger partial charge is 0.307 e. The summed E-state index contributed by atoms with van der Waals surface area (Å²) in [7, 11) is -3.66. The fourth-order valence-electron chi connectivity index (χ4n) is 2.75. The van der Waals surface area contributed by atoms with Crippen LogP contribution in [0, 0.1) is 6.92 Å². The Hall–Kier alpha value is -2.93. The van der Waals surface area contributed by atoms with E-state index in [1.807, 2.05) is 12.1 Å². The van der Waals surface area contributed by atoms with E-state index in [1.165, 1.54) is 6.07 Å². The summed E-state index contributed by atoms with van der Waals surface area (Å²) in [5.41, 5.74) is 2.63. The number of nitrogens with one attached hydrogen (secondary N) is 2. The first-order valence-corrected chi connectivity index (χ1v) is 10.2. The molecule has 0 fully saturated rings. The summed E-state index contributed by atoms with van der Waals surface area (Å²) in [5, 5.41) is 0. The van der Waals surface area contributed by atoms with Crippen molar-refractivity contribution in [3.8, 4) is 11.4 Å². The molecule has 0 saturated carbocycles. The van der Waals surface area contributed by atoms with E-state index in [2.05, 4.69) is 21.6 Å². The van der Waals surface area contributed by atoms with E-state index in [-0.39, 0.29) is 10.5 Å². The second-order valence-corrected chi connectivity index (χ2v) is 7.99. The van der Waals surface area contributed by atoms with E-state index in [9.17, 15) is 13.2 Å². The molecule has 0 aliphatic rings. The Kier molecular flexibility index (Phi) is 5.41. The van der Waals surface area contributed by atoms with Crippen molar-refractivity contribution in [1.82, 2.24) is 9.97 Å². The van der Waals surface area contributed by atoms with Crippen LogP contribution in [0.2, 0.25) is 0 Å². The van der Waals surface area contributed by atoms with Gasteiger partial charge in [0.1, 0.15) is 5.82 Å². The lowest BCUT2D eigenvalue weighted by molar-refractivity contribution is 0.601. The molecule has 1 aromatic heterocycles. The predicted molar refractivity (Wildman–Crippen MR) is 106 cm³/mol. The van der Waals surface area contributed by atoms with Crippen LogP contribution in [0.15, 0.2) is 64.3 Å². The third-order valence-electron chi connectivity index (χ3n) is 4.05. The van der Waals surface area contributed by atoms with E-state index in [4.69, 9.17) is 0 Å². The molecule has 0 atom stereocenters. The summed E-state index contributed by atoms with van der Waals surface area (Å²) in [5.74, 6) is 0.445. The molecule has 2 N–H and O–H groups in total. The van der Waals surface area contributed by atoms with E-state index in [0.717, 1.165) is 18.4 Å². The lowest BCUT2D eigenvalue weighted by atomic mass is 10.1. The molecular weight excluding hydrogens is 362 g/mol. The monoisotopic (exact) mass is 383 g/mol. The summed E-state index contributed by atoms with van der Waals surface area (Å²) in [6, 6.07) is 15.0. The molecule has 27 heavy (non-hydrogen) atoms. The molecule has 7 heteroatoms. The van der Waals surface area contributed by atoms with Gasteiger partial charge in [-0.3, -0.25) is 9.52 Å². The van der Waals surface area contributed by atoms with Crippen LogP contribution in [0.5, 0.6) is 0 Å². The van der Waals surface area contributed by atoms with Gasteiger partial charge in [0.15, 0.2) is 0 Å². The van der Waals surface area contributed by atoms with Crippen molar-refractivity contribution in [1.29, 1.82) is 0 Å². The van der Waals surface area contributed by atoms with Crippen molar-refractivity contribution in [2.45, 2.75) is 31.6 Å². The fraction of sp³-hybridized carbons (Fsp3) is 0.200. The summed E-state index contributed by atoms with van der Waals surface area (Å²) < 4.78 is 27.7. The van der Waals surface area contributed by atoms with Crippen LogP contribution in [-0.4, -0.2) is 18.4 Å². The minimum absolute atomic E-state index is 0.219. The van der Waals surface area contributed by atoms with Crippen LogP contribution >= 0.6 is 0 Å². The average Bonchev–Trinajstić information content (AvgIpc) is 2.62. The summed E-state index contributed by atoms with van der Waals surface area (Å²) in [6.07, 6.45) is 1.93. The van der Waals surface area contributed by atoms with Gasteiger partial charge in [0.25, 0.3) is 15.6 Å². The maximum Gasteiger partial charge on any atom is 0.261 e. The van der Waals surface area contributed by atoms with Gasteiger partial charge in [-0.2, -0.15) is 0 Å². The van der Waals surface area contributed by atoms with Crippen molar-refractivity contribution < 1.29 is 8.42 Å². The first kappa shape index (κ1) is 18.8. The Morgan fingerprint density at radius 1 is 1.04 bits per heavy atom. The number of aromatic nitrogens is 2. The van der Waals surface area contributed by atoms with Crippen molar-refractivity contribution >= 4 is 15.7 Å². The number of nitrogens with zero attached hydrogens (tertiary/aromatic N) is 1. The van der Waals surface area contributed by atoms with Crippen LogP contribution in [0.3, 0.4) is 0 Å². The number of H-pyrrole nitrogens is 1. The molecule has 1 heterocycles. The molecule has 0 unspecified atom stereocenters. The Balaban J connectivity index is 1.80. The minimum Gasteiger partial charge on any atom is -0.307 e. The average molecular weight is 383 g/mol. The zero-order valence-electron chi connectivity index (χ0n) is 15.2. The Labute approximate surface area is 158 Å². The third-order valence-corrected chi connectivity index (χ3v) is 5.45. The highest BCUT2D eigenvalue weighted by atomic mass is 32.2. The van der Waals surface area contributed by atoms with Gasteiger partial charge in [-0.15, -0.1) is 0 Å². The molecule has 6 nitrogen and oxygen atoms in total. The second kappa shape index (κ2) is 7.75. The van der Waals surface area contributed by atoms with Crippen molar-refractivity contribution in [3.05, 3.63) is 76.2 Å². The number of hydrogen-bond donors (Lipinski definition) is 2. The molecule has 3 aromatic rings. The van der Waals surface area contributed by atoms with Crippen LogP contribution in [0.4, 0.5) is 5.69 Å². The topological polar surface area (TPSA) is 91.9 Å². The highest BCUT2D eigenvalue weighted by molar-refractivity contribution is 7.92. The maximum absolute atomic E-state index is 12.5. The van der Waals surface area contributed by atoms with Crippen LogP contribution in [0.1, 0.15) is 24.6 Å². The molecular formula is C20H21N3O3S. The molecule has 2 aromatic carbocycles. The van der Waals surface area contributed by atoms with E-state index < -0.39 is 10.0 Å². The van der Waals surface area contributed by atoms with Gasteiger partial charge in [0, 0.05) is 23.0 Å². The quantitative estimate of drug-likeness (QED) is 0.681. The van der Waals surface area contributed by atoms with Gasteiger partial charge in [-0.25, -0.2) is 13.4 Å². The van der Waals surface area contributed by atoms with Crippen molar-refractivity contribution in [2.75, 3.05) is 4.72 Å². The number of anilines is 1. The Bertz CT molecular complexity index is 1090. The van der Waals surface area contributed by atoms with Crippen molar-refractivity contribution in [2.24, 2.45) is 0 Å². The molecule has 0 aliphatic carbocycles. The van der Waals surface area contributed by atoms with Gasteiger partial charge < -0.3 is 4.98 Å². The van der Waals surface area contributed by atoms with Gasteiger partial charge in [0.05, 0.1) is 4.90 Å². The van der Waals surface area contributed by atoms with Gasteiger partial charge in [-0.1, -0.05) is 25.5 Å². The van der Waals surface area contributed by atoms with Crippen LogP contribution < -0.4 is 10.3 Å². The minimum atomic E-state index is -3.66. The lowest BCUT2D eigenvalue weighted by Crippen LogP contribution is -2.13. The smallest absolute Gasteiger partial charge is 0.261 e. The summed E-state index contributed by atoms with van der Waals surface area (Å²) in [6.45, 7) is 3.82. The number of rotatable bonds is 6. The molecule has 0 saturated heterocycles. The standard InChI is InChI=1S/C20H21N3O3S/c1-3-4-15-5-11-18(12-6-15)27(25,26)23-17-9-7-16(8-10-17)20-21-14(2)13-19(24)22-20/h5-13,23H,3-4H2,1-2H3,(H,21,22,24). The number of hydrogen-bond acceptors (Lipinski definition) is 4. The molecule has 140 valence electrons. The van der Waals surface area contributed by atoms with E-state index in [1.54, 1.807) is 43.3 Å². The first-order valence-electron chi connectivity index (χ1n) is 8.67. The molecule has 0 spiro atoms. The Morgan fingerprint density at radius 2 is 1.70 bits per heavy atom. The highest BCUT2D eigenvalue weighted by Gasteiger charge is 2.14. The van der Waals surface area contributed by atoms with E-state index in [0.29, 0.717) is 22.8 Å². The number of sulfonamides is 1. The number of aromatic amines is 1. The molecule has 3 rings (SSSR count). The van der Waals surface area contributed by atoms with Crippen LogP contribution in [-0.2, 0) is 16.4 Å².